The molecule has 2 N–H and O–H groups in total. The predicted molar refractivity (Wildman–Crippen MR) is 50.0 cm³/mol. The molecule has 5 heteroatoms. The zero-order valence-electron chi connectivity index (χ0n) is 7.59. The molecule has 0 saturated heterocycles. The molecule has 0 spiro atoms. The minimum absolute atomic E-state index is 0.00580. The molecule has 1 amide bonds. The van der Waals surface area contributed by atoms with Gasteiger partial charge in [-0.2, -0.15) is 0 Å². The Balaban J connectivity index is 3.39. The number of amides is 1. The highest BCUT2D eigenvalue weighted by molar-refractivity contribution is 6.66. The number of hydrogen-bond acceptors (Lipinski definition) is 3. The maximum absolute atomic E-state index is 11.0. The molecule has 4 nitrogen and oxygen atoms in total. The molecule has 0 fully saturated rings. The van der Waals surface area contributed by atoms with Crippen LogP contribution in [0.15, 0.2) is 0 Å². The number of carbonyl (C=O) groups is 2. The molecule has 68 valence electrons. The maximum Gasteiger partial charge on any atom is 0.220 e. The lowest BCUT2D eigenvalue weighted by molar-refractivity contribution is -0.121. The van der Waals surface area contributed by atoms with Crippen LogP contribution in [0.4, 0.5) is 0 Å². The Labute approximate surface area is 73.3 Å². The van der Waals surface area contributed by atoms with E-state index < -0.39 is 0 Å². The number of carbonyl (C=O) groups excluding carboxylic acids is 2. The molecule has 0 aromatic rings. The second-order valence-corrected chi connectivity index (χ2v) is 2.64. The van der Waals surface area contributed by atoms with Gasteiger partial charge < -0.3 is 15.4 Å². The van der Waals surface area contributed by atoms with Gasteiger partial charge in [0.1, 0.15) is 0 Å². The normalized spacial score (nSPS) is 11.8. The monoisotopic (exact) mass is 170 g/mol. The van der Waals surface area contributed by atoms with Gasteiger partial charge in [0, 0.05) is 6.42 Å². The summed E-state index contributed by atoms with van der Waals surface area (Å²) >= 11 is 0. The van der Waals surface area contributed by atoms with Gasteiger partial charge in [0.2, 0.25) is 13.2 Å². The summed E-state index contributed by atoms with van der Waals surface area (Å²) < 4.78 is 0. The summed E-state index contributed by atoms with van der Waals surface area (Å²) in [5, 5.41) is 5.61. The van der Waals surface area contributed by atoms with Crippen LogP contribution < -0.4 is 10.6 Å². The fraction of sp³-hybridized carbons (Fsp3) is 0.714. The molecule has 0 aromatic heterocycles. The largest absolute Gasteiger partial charge is 0.341 e. The SMILES string of the molecule is CNC(C)NC(=O)CCBC=O. The predicted octanol–water partition coefficient (Wildman–Crippen LogP) is -0.897. The van der Waals surface area contributed by atoms with Crippen LogP contribution in [0.3, 0.4) is 0 Å². The fourth-order valence-electron chi connectivity index (χ4n) is 0.732. The van der Waals surface area contributed by atoms with Crippen molar-refractivity contribution in [2.45, 2.75) is 25.8 Å². The van der Waals surface area contributed by atoms with Gasteiger partial charge in [-0.3, -0.25) is 4.79 Å². The zero-order chi connectivity index (χ0) is 9.40. The minimum atomic E-state index is -0.0151. The first-order chi connectivity index (χ1) is 5.70. The number of rotatable bonds is 6. The summed E-state index contributed by atoms with van der Waals surface area (Å²) in [6.45, 7) is 1.86. The molecule has 0 aliphatic carbocycles. The first-order valence-corrected chi connectivity index (χ1v) is 4.11. The molecule has 0 aliphatic rings. The van der Waals surface area contributed by atoms with E-state index in [2.05, 4.69) is 10.6 Å². The first kappa shape index (κ1) is 11.2. The Morgan fingerprint density at radius 1 is 1.67 bits per heavy atom. The van der Waals surface area contributed by atoms with Crippen LogP contribution in [-0.4, -0.2) is 32.6 Å². The lowest BCUT2D eigenvalue weighted by atomic mass is 9.76. The van der Waals surface area contributed by atoms with E-state index in [1.807, 2.05) is 6.92 Å². The molecule has 0 rings (SSSR count). The quantitative estimate of drug-likeness (QED) is 0.235. The Morgan fingerprint density at radius 3 is 2.83 bits per heavy atom. The van der Waals surface area contributed by atoms with Crippen molar-refractivity contribution in [2.24, 2.45) is 0 Å². The summed E-state index contributed by atoms with van der Waals surface area (Å²) in [5.74, 6) is -0.0151. The summed E-state index contributed by atoms with van der Waals surface area (Å²) in [7, 11) is 2.23. The van der Waals surface area contributed by atoms with Crippen LogP contribution in [-0.2, 0) is 9.59 Å². The zero-order valence-corrected chi connectivity index (χ0v) is 7.59. The lowest BCUT2D eigenvalue weighted by Crippen LogP contribution is -2.41. The standard InChI is InChI=1S/C7H15BN2O2/c1-6(9-2)10-7(12)3-4-8-5-11/h5-6,8-9H,3-4H2,1-2H3,(H,10,12). The van der Waals surface area contributed by atoms with Gasteiger partial charge in [-0.05, 0) is 14.0 Å². The van der Waals surface area contributed by atoms with E-state index in [0.717, 1.165) is 6.19 Å². The van der Waals surface area contributed by atoms with E-state index in [4.69, 9.17) is 0 Å². The van der Waals surface area contributed by atoms with E-state index in [-0.39, 0.29) is 12.1 Å². The molecule has 0 aromatic carbocycles. The summed E-state index contributed by atoms with van der Waals surface area (Å²) in [4.78, 5) is 20.9. The Kier molecular flexibility index (Phi) is 6.37. The van der Waals surface area contributed by atoms with Crippen molar-refractivity contribution in [2.75, 3.05) is 7.05 Å². The van der Waals surface area contributed by atoms with Crippen molar-refractivity contribution in [1.29, 1.82) is 0 Å². The van der Waals surface area contributed by atoms with Crippen molar-refractivity contribution in [3.05, 3.63) is 0 Å². The molecule has 0 saturated carbocycles. The van der Waals surface area contributed by atoms with Crippen molar-refractivity contribution in [1.82, 2.24) is 10.6 Å². The molecule has 0 heterocycles. The third kappa shape index (κ3) is 5.91. The van der Waals surface area contributed by atoms with Crippen LogP contribution >= 0.6 is 0 Å². The van der Waals surface area contributed by atoms with Crippen molar-refractivity contribution < 1.29 is 9.59 Å². The summed E-state index contributed by atoms with van der Waals surface area (Å²) in [5.41, 5.74) is 0. The van der Waals surface area contributed by atoms with Gasteiger partial charge >= 0.3 is 0 Å². The van der Waals surface area contributed by atoms with E-state index in [0.29, 0.717) is 20.0 Å². The topological polar surface area (TPSA) is 58.2 Å². The molecular formula is C7H15BN2O2. The number of hydrogen-bond donors (Lipinski definition) is 2. The first-order valence-electron chi connectivity index (χ1n) is 4.11. The highest BCUT2D eigenvalue weighted by Crippen LogP contribution is 1.87. The van der Waals surface area contributed by atoms with Gasteiger partial charge in [-0.25, -0.2) is 0 Å². The third-order valence-electron chi connectivity index (χ3n) is 1.54. The third-order valence-corrected chi connectivity index (χ3v) is 1.54. The molecule has 0 bridgehead atoms. The maximum atomic E-state index is 11.0. The van der Waals surface area contributed by atoms with Crippen LogP contribution in [0.2, 0.25) is 6.32 Å². The van der Waals surface area contributed by atoms with Crippen LogP contribution in [0.5, 0.6) is 0 Å². The highest BCUT2D eigenvalue weighted by Gasteiger charge is 2.03. The summed E-state index contributed by atoms with van der Waals surface area (Å²) in [6.07, 6.45) is 1.87. The fourth-order valence-corrected chi connectivity index (χ4v) is 0.732. The van der Waals surface area contributed by atoms with Crippen molar-refractivity contribution in [3.8, 4) is 0 Å². The second kappa shape index (κ2) is 6.85. The van der Waals surface area contributed by atoms with E-state index in [9.17, 15) is 9.59 Å². The molecule has 0 radical (unpaired) electrons. The smallest absolute Gasteiger partial charge is 0.220 e. The molecular weight excluding hydrogens is 155 g/mol. The van der Waals surface area contributed by atoms with Gasteiger partial charge in [-0.15, -0.1) is 0 Å². The lowest BCUT2D eigenvalue weighted by Gasteiger charge is -2.11. The molecule has 1 unspecified atom stereocenters. The second-order valence-electron chi connectivity index (χ2n) is 2.64. The van der Waals surface area contributed by atoms with Crippen molar-refractivity contribution in [3.63, 3.8) is 0 Å². The van der Waals surface area contributed by atoms with E-state index >= 15 is 0 Å². The number of nitrogens with one attached hydrogen (secondary N) is 2. The van der Waals surface area contributed by atoms with Gasteiger partial charge in [-0.1, -0.05) is 6.32 Å². The summed E-state index contributed by atoms with van der Waals surface area (Å²) in [6, 6.07) is 0. The Hall–Kier alpha value is -0.835. The van der Waals surface area contributed by atoms with Crippen LogP contribution in [0.25, 0.3) is 0 Å². The van der Waals surface area contributed by atoms with Gasteiger partial charge in [0.05, 0.1) is 12.4 Å². The van der Waals surface area contributed by atoms with Gasteiger partial charge in [0.25, 0.3) is 0 Å². The minimum Gasteiger partial charge on any atom is -0.341 e. The van der Waals surface area contributed by atoms with E-state index in [1.165, 1.54) is 0 Å². The average molecular weight is 170 g/mol. The van der Waals surface area contributed by atoms with Crippen LogP contribution in [0.1, 0.15) is 13.3 Å². The highest BCUT2D eigenvalue weighted by atomic mass is 16.1. The molecule has 0 aliphatic heterocycles. The van der Waals surface area contributed by atoms with E-state index in [1.54, 1.807) is 7.05 Å². The average Bonchev–Trinajstić information content (AvgIpc) is 2.05. The van der Waals surface area contributed by atoms with Gasteiger partial charge in [0.15, 0.2) is 0 Å². The van der Waals surface area contributed by atoms with Crippen LogP contribution in [0, 0.1) is 0 Å². The molecule has 12 heavy (non-hydrogen) atoms. The molecule has 1 atom stereocenters. The Morgan fingerprint density at radius 2 is 2.33 bits per heavy atom. The Bertz CT molecular complexity index is 152. The van der Waals surface area contributed by atoms with Crippen molar-refractivity contribution >= 4 is 19.4 Å².